The third kappa shape index (κ3) is 3.12. The van der Waals surface area contributed by atoms with Crippen LogP contribution >= 0.6 is 34.7 Å². The lowest BCUT2D eigenvalue weighted by Crippen LogP contribution is -2.32. The van der Waals surface area contributed by atoms with E-state index in [0.29, 0.717) is 12.1 Å². The molecule has 2 aliphatic rings. The summed E-state index contributed by atoms with van der Waals surface area (Å²) in [6, 6.07) is 12.2. The van der Waals surface area contributed by atoms with Gasteiger partial charge in [0.2, 0.25) is 0 Å². The number of benzene rings is 1. The molecule has 2 aromatic rings. The van der Waals surface area contributed by atoms with Crippen LogP contribution in [-0.2, 0) is 9.53 Å². The van der Waals surface area contributed by atoms with Gasteiger partial charge in [0, 0.05) is 18.0 Å². The third-order valence-corrected chi connectivity index (χ3v) is 6.72. The van der Waals surface area contributed by atoms with E-state index in [1.807, 2.05) is 29.7 Å². The van der Waals surface area contributed by atoms with Crippen LogP contribution in [0.1, 0.15) is 10.4 Å². The summed E-state index contributed by atoms with van der Waals surface area (Å²) in [5.74, 6) is -0.314. The molecule has 3 heterocycles. The van der Waals surface area contributed by atoms with Gasteiger partial charge in [-0.3, -0.25) is 0 Å². The average molecular weight is 390 g/mol. The van der Waals surface area contributed by atoms with Crippen molar-refractivity contribution < 1.29 is 9.53 Å². The Morgan fingerprint density at radius 3 is 2.84 bits per heavy atom. The predicted molar refractivity (Wildman–Crippen MR) is 105 cm³/mol. The highest BCUT2D eigenvalue weighted by atomic mass is 35.5. The fourth-order valence-corrected chi connectivity index (χ4v) is 5.75. The highest BCUT2D eigenvalue weighted by molar-refractivity contribution is 8.01. The topological polar surface area (TPSA) is 29.5 Å². The summed E-state index contributed by atoms with van der Waals surface area (Å²) in [7, 11) is 1.43. The van der Waals surface area contributed by atoms with Gasteiger partial charge in [0.15, 0.2) is 0 Å². The number of thioether (sulfide) groups is 1. The Balaban J connectivity index is 1.91. The molecule has 0 saturated carbocycles. The van der Waals surface area contributed by atoms with E-state index < -0.39 is 0 Å². The number of halogens is 1. The standard InChI is InChI=1S/C19H16ClNO2S2/c1-23-19(22)14-9-13(12-5-3-2-4-6-12)10-21-11-16(20)25-15-7-8-24-18(15)17(14)21/h2-9,16H,10-11H2,1H3. The van der Waals surface area contributed by atoms with Gasteiger partial charge in [0.1, 0.15) is 4.71 Å². The highest BCUT2D eigenvalue weighted by Crippen LogP contribution is 2.45. The molecule has 1 atom stereocenters. The SMILES string of the molecule is COC(=O)C1=C2c3sccc3SC(Cl)CN2CC(c2ccccc2)=C1. The molecule has 3 nitrogen and oxygen atoms in total. The van der Waals surface area contributed by atoms with Gasteiger partial charge < -0.3 is 9.64 Å². The van der Waals surface area contributed by atoms with Crippen molar-refractivity contribution in [3.8, 4) is 0 Å². The number of methoxy groups -OCH3 is 1. The molecule has 6 heteroatoms. The van der Waals surface area contributed by atoms with Crippen LogP contribution in [0.5, 0.6) is 0 Å². The summed E-state index contributed by atoms with van der Waals surface area (Å²) in [5.41, 5.74) is 3.74. The minimum Gasteiger partial charge on any atom is -0.465 e. The van der Waals surface area contributed by atoms with Crippen LogP contribution in [-0.4, -0.2) is 35.8 Å². The number of ether oxygens (including phenoxy) is 1. The molecule has 128 valence electrons. The zero-order chi connectivity index (χ0) is 17.4. The predicted octanol–water partition coefficient (Wildman–Crippen LogP) is 4.70. The van der Waals surface area contributed by atoms with Gasteiger partial charge >= 0.3 is 5.97 Å². The highest BCUT2D eigenvalue weighted by Gasteiger charge is 2.33. The van der Waals surface area contributed by atoms with E-state index in [9.17, 15) is 4.79 Å². The first-order chi connectivity index (χ1) is 12.2. The molecule has 0 spiro atoms. The lowest BCUT2D eigenvalue weighted by atomic mass is 9.96. The van der Waals surface area contributed by atoms with E-state index in [-0.39, 0.29) is 10.7 Å². The Hall–Kier alpha value is -1.69. The maximum atomic E-state index is 12.5. The van der Waals surface area contributed by atoms with Crippen molar-refractivity contribution >= 4 is 51.9 Å². The van der Waals surface area contributed by atoms with Crippen molar-refractivity contribution in [1.82, 2.24) is 4.90 Å². The molecular formula is C19H16ClNO2S2. The molecule has 25 heavy (non-hydrogen) atoms. The van der Waals surface area contributed by atoms with Crippen molar-refractivity contribution in [2.75, 3.05) is 20.2 Å². The number of alkyl halides is 1. The van der Waals surface area contributed by atoms with Crippen molar-refractivity contribution in [1.29, 1.82) is 0 Å². The van der Waals surface area contributed by atoms with Crippen LogP contribution in [0, 0.1) is 0 Å². The van der Waals surface area contributed by atoms with Crippen LogP contribution in [0.15, 0.2) is 58.3 Å². The van der Waals surface area contributed by atoms with E-state index in [1.54, 1.807) is 23.1 Å². The number of esters is 1. The lowest BCUT2D eigenvalue weighted by molar-refractivity contribution is -0.135. The van der Waals surface area contributed by atoms with E-state index >= 15 is 0 Å². The van der Waals surface area contributed by atoms with Gasteiger partial charge in [-0.1, -0.05) is 30.3 Å². The molecule has 0 fully saturated rings. The van der Waals surface area contributed by atoms with Gasteiger partial charge in [-0.25, -0.2) is 4.79 Å². The fraction of sp³-hybridized carbons (Fsp3) is 0.211. The van der Waals surface area contributed by atoms with Crippen LogP contribution < -0.4 is 0 Å². The number of fused-ring (bicyclic) bond motifs is 3. The fourth-order valence-electron chi connectivity index (χ4n) is 3.17. The minimum atomic E-state index is -0.314. The number of hydrogen-bond donors (Lipinski definition) is 0. The molecule has 1 aromatic carbocycles. The largest absolute Gasteiger partial charge is 0.465 e. The number of carbonyl (C=O) groups is 1. The molecule has 0 radical (unpaired) electrons. The van der Waals surface area contributed by atoms with Crippen molar-refractivity contribution in [3.05, 3.63) is 63.9 Å². The number of rotatable bonds is 2. The van der Waals surface area contributed by atoms with Gasteiger partial charge in [0.25, 0.3) is 0 Å². The van der Waals surface area contributed by atoms with E-state index in [0.717, 1.165) is 33.2 Å². The van der Waals surface area contributed by atoms with Crippen molar-refractivity contribution in [2.45, 2.75) is 9.60 Å². The van der Waals surface area contributed by atoms with Gasteiger partial charge in [-0.15, -0.1) is 34.7 Å². The second-order valence-electron chi connectivity index (χ2n) is 5.81. The zero-order valence-corrected chi connectivity index (χ0v) is 16.0. The second-order valence-corrected chi connectivity index (χ2v) is 8.76. The second kappa shape index (κ2) is 6.90. The summed E-state index contributed by atoms with van der Waals surface area (Å²) in [6.45, 7) is 1.40. The molecule has 0 amide bonds. The molecular weight excluding hydrogens is 374 g/mol. The van der Waals surface area contributed by atoms with Gasteiger partial charge in [-0.2, -0.15) is 0 Å². The number of nitrogens with zero attached hydrogens (tertiary/aromatic N) is 1. The average Bonchev–Trinajstić information content (AvgIpc) is 3.03. The number of hydrogen-bond acceptors (Lipinski definition) is 5. The molecule has 0 aliphatic carbocycles. The summed E-state index contributed by atoms with van der Waals surface area (Å²) >= 11 is 9.84. The molecule has 0 N–H and O–H groups in total. The molecule has 2 aliphatic heterocycles. The van der Waals surface area contributed by atoms with E-state index in [2.05, 4.69) is 23.1 Å². The van der Waals surface area contributed by atoms with Crippen molar-refractivity contribution in [3.63, 3.8) is 0 Å². The van der Waals surface area contributed by atoms with Crippen LogP contribution in [0.2, 0.25) is 0 Å². The molecule has 4 rings (SSSR count). The Morgan fingerprint density at radius 2 is 2.08 bits per heavy atom. The normalized spacial score (nSPS) is 19.7. The number of thiophene rings is 1. The molecule has 1 aromatic heterocycles. The van der Waals surface area contributed by atoms with Crippen LogP contribution in [0.4, 0.5) is 0 Å². The molecule has 1 unspecified atom stereocenters. The number of carbonyl (C=O) groups excluding carboxylic acids is 1. The van der Waals surface area contributed by atoms with Gasteiger partial charge in [-0.05, 0) is 28.7 Å². The van der Waals surface area contributed by atoms with Crippen LogP contribution in [0.25, 0.3) is 11.3 Å². The van der Waals surface area contributed by atoms with Crippen LogP contribution in [0.3, 0.4) is 0 Å². The quantitative estimate of drug-likeness (QED) is 0.550. The molecule has 0 saturated heterocycles. The Labute approximate surface area is 159 Å². The zero-order valence-electron chi connectivity index (χ0n) is 13.6. The lowest BCUT2D eigenvalue weighted by Gasteiger charge is -2.32. The molecule has 0 bridgehead atoms. The monoisotopic (exact) mass is 389 g/mol. The van der Waals surface area contributed by atoms with Crippen molar-refractivity contribution in [2.24, 2.45) is 0 Å². The summed E-state index contributed by atoms with van der Waals surface area (Å²) in [6.07, 6.45) is 1.97. The first-order valence-electron chi connectivity index (χ1n) is 7.89. The van der Waals surface area contributed by atoms with E-state index in [1.165, 1.54) is 7.11 Å². The summed E-state index contributed by atoms with van der Waals surface area (Å²) in [4.78, 5) is 17.0. The summed E-state index contributed by atoms with van der Waals surface area (Å²) < 4.78 is 5.01. The summed E-state index contributed by atoms with van der Waals surface area (Å²) in [5, 5.41) is 2.04. The minimum absolute atomic E-state index is 0.0696. The first-order valence-corrected chi connectivity index (χ1v) is 10.1. The maximum Gasteiger partial charge on any atom is 0.340 e. The Bertz CT molecular complexity index is 873. The van der Waals surface area contributed by atoms with Gasteiger partial charge in [0.05, 0.1) is 23.3 Å². The van der Waals surface area contributed by atoms with E-state index in [4.69, 9.17) is 16.3 Å². The smallest absolute Gasteiger partial charge is 0.340 e. The first kappa shape index (κ1) is 16.8. The maximum absolute atomic E-state index is 12.5. The third-order valence-electron chi connectivity index (χ3n) is 4.26. The Kier molecular flexibility index (Phi) is 4.63. The Morgan fingerprint density at radius 1 is 1.28 bits per heavy atom.